The van der Waals surface area contributed by atoms with Crippen LogP contribution < -0.4 is 15.2 Å². The maximum Gasteiger partial charge on any atom is 0.231 e. The third-order valence-electron chi connectivity index (χ3n) is 4.35. The Labute approximate surface area is 136 Å². The second-order valence-electron chi connectivity index (χ2n) is 5.64. The molecular weight excluding hydrogens is 313 g/mol. The summed E-state index contributed by atoms with van der Waals surface area (Å²) in [5.74, 6) is 1.55. The number of fused-ring (bicyclic) bond motifs is 1. The van der Waals surface area contributed by atoms with Gasteiger partial charge in [-0.1, -0.05) is 30.9 Å². The van der Waals surface area contributed by atoms with E-state index in [-0.39, 0.29) is 25.1 Å². The maximum atomic E-state index is 10.5. The third kappa shape index (κ3) is 3.39. The molecule has 4 nitrogen and oxygen atoms in total. The fourth-order valence-corrected chi connectivity index (χ4v) is 3.42. The van der Waals surface area contributed by atoms with Gasteiger partial charge in [0.2, 0.25) is 6.79 Å². The number of benzene rings is 1. The van der Waals surface area contributed by atoms with Crippen LogP contribution in [0.4, 0.5) is 0 Å². The number of halogens is 2. The van der Waals surface area contributed by atoms with Crippen LogP contribution in [0.2, 0.25) is 5.02 Å². The Hall–Kier alpha value is -0.680. The van der Waals surface area contributed by atoms with Gasteiger partial charge >= 0.3 is 0 Å². The van der Waals surface area contributed by atoms with E-state index < -0.39 is 12.1 Å². The average molecular weight is 334 g/mol. The van der Waals surface area contributed by atoms with Gasteiger partial charge in [-0.3, -0.25) is 0 Å². The van der Waals surface area contributed by atoms with E-state index in [1.54, 1.807) is 12.1 Å². The predicted molar refractivity (Wildman–Crippen MR) is 84.3 cm³/mol. The van der Waals surface area contributed by atoms with E-state index in [2.05, 4.69) is 0 Å². The van der Waals surface area contributed by atoms with Crippen molar-refractivity contribution in [3.8, 4) is 11.5 Å². The molecule has 21 heavy (non-hydrogen) atoms. The molecule has 1 aliphatic carbocycles. The molecule has 1 heterocycles. The second-order valence-corrected chi connectivity index (χ2v) is 6.05. The highest BCUT2D eigenvalue weighted by Gasteiger charge is 2.30. The van der Waals surface area contributed by atoms with E-state index in [9.17, 15) is 5.11 Å². The zero-order valence-electron chi connectivity index (χ0n) is 11.8. The lowest BCUT2D eigenvalue weighted by Gasteiger charge is -2.31. The van der Waals surface area contributed by atoms with Gasteiger partial charge in [-0.15, -0.1) is 12.4 Å². The zero-order chi connectivity index (χ0) is 14.1. The predicted octanol–water partition coefficient (Wildman–Crippen LogP) is 3.43. The molecule has 1 aromatic rings. The zero-order valence-corrected chi connectivity index (χ0v) is 13.3. The summed E-state index contributed by atoms with van der Waals surface area (Å²) in [4.78, 5) is 0. The molecule has 2 atom stereocenters. The van der Waals surface area contributed by atoms with Crippen molar-refractivity contribution >= 4 is 24.0 Å². The summed E-state index contributed by atoms with van der Waals surface area (Å²) >= 11 is 6.26. The Bertz CT molecular complexity index is 492. The molecule has 0 aromatic heterocycles. The number of aliphatic hydroxyl groups is 1. The number of rotatable bonds is 3. The molecule has 1 aromatic carbocycles. The van der Waals surface area contributed by atoms with E-state index >= 15 is 0 Å². The molecule has 6 heteroatoms. The first-order valence-corrected chi connectivity index (χ1v) is 7.57. The molecule has 1 saturated carbocycles. The Balaban J connectivity index is 0.00000161. The Morgan fingerprint density at radius 1 is 1.14 bits per heavy atom. The van der Waals surface area contributed by atoms with Crippen molar-refractivity contribution in [3.63, 3.8) is 0 Å². The molecule has 1 fully saturated rings. The summed E-state index contributed by atoms with van der Waals surface area (Å²) in [6.45, 7) is 0.204. The van der Waals surface area contributed by atoms with E-state index in [0.29, 0.717) is 16.5 Å². The molecule has 0 radical (unpaired) electrons. The van der Waals surface area contributed by atoms with Crippen molar-refractivity contribution in [1.82, 2.24) is 0 Å². The summed E-state index contributed by atoms with van der Waals surface area (Å²) in [6.07, 6.45) is 5.11. The van der Waals surface area contributed by atoms with Gasteiger partial charge in [0.25, 0.3) is 0 Å². The van der Waals surface area contributed by atoms with Gasteiger partial charge in [0.05, 0.1) is 12.1 Å². The SMILES string of the molecule is Cl.N[C@H](c1cc2c(cc1Cl)OCO2)[C@@H](O)C1CCCCC1. The second kappa shape index (κ2) is 7.05. The van der Waals surface area contributed by atoms with Gasteiger partial charge in [0, 0.05) is 11.1 Å². The van der Waals surface area contributed by atoms with Crippen LogP contribution in [0.15, 0.2) is 12.1 Å². The van der Waals surface area contributed by atoms with Crippen LogP contribution in [0.25, 0.3) is 0 Å². The number of nitrogens with two attached hydrogens (primary N) is 1. The molecule has 3 N–H and O–H groups in total. The molecule has 3 rings (SSSR count). The van der Waals surface area contributed by atoms with Crippen molar-refractivity contribution < 1.29 is 14.6 Å². The average Bonchev–Trinajstić information content (AvgIpc) is 2.93. The van der Waals surface area contributed by atoms with Gasteiger partial charge in [-0.25, -0.2) is 0 Å². The highest BCUT2D eigenvalue weighted by Crippen LogP contribution is 2.40. The van der Waals surface area contributed by atoms with Crippen molar-refractivity contribution in [2.75, 3.05) is 6.79 Å². The smallest absolute Gasteiger partial charge is 0.231 e. The van der Waals surface area contributed by atoms with Gasteiger partial charge in [-0.2, -0.15) is 0 Å². The standard InChI is InChI=1S/C15H20ClNO3.ClH/c16-11-7-13-12(19-8-20-13)6-10(11)14(17)15(18)9-4-2-1-3-5-9;/h6-7,9,14-15,18H,1-5,8,17H2;1H/t14-,15+;/m1./s1. The van der Waals surface area contributed by atoms with Crippen LogP contribution in [-0.4, -0.2) is 18.0 Å². The lowest BCUT2D eigenvalue weighted by atomic mass is 9.81. The molecule has 2 aliphatic rings. The minimum Gasteiger partial charge on any atom is -0.454 e. The third-order valence-corrected chi connectivity index (χ3v) is 4.68. The first-order valence-electron chi connectivity index (χ1n) is 7.19. The minimum absolute atomic E-state index is 0. The van der Waals surface area contributed by atoms with E-state index in [1.807, 2.05) is 0 Å². The van der Waals surface area contributed by atoms with Crippen molar-refractivity contribution in [3.05, 3.63) is 22.7 Å². The number of ether oxygens (including phenoxy) is 2. The normalized spacial score (nSPS) is 20.7. The monoisotopic (exact) mass is 333 g/mol. The van der Waals surface area contributed by atoms with Crippen LogP contribution >= 0.6 is 24.0 Å². The molecular formula is C15H21Cl2NO3. The lowest BCUT2D eigenvalue weighted by Crippen LogP contribution is -2.34. The quantitative estimate of drug-likeness (QED) is 0.889. The van der Waals surface area contributed by atoms with Crippen LogP contribution in [0.3, 0.4) is 0 Å². The molecule has 0 bridgehead atoms. The topological polar surface area (TPSA) is 64.7 Å². The van der Waals surface area contributed by atoms with Crippen molar-refractivity contribution in [2.24, 2.45) is 11.7 Å². The minimum atomic E-state index is -0.562. The summed E-state index contributed by atoms with van der Waals surface area (Å²) in [5.41, 5.74) is 6.96. The summed E-state index contributed by atoms with van der Waals surface area (Å²) in [6, 6.07) is 3.02. The van der Waals surface area contributed by atoms with Crippen molar-refractivity contribution in [1.29, 1.82) is 0 Å². The maximum absolute atomic E-state index is 10.5. The molecule has 1 aliphatic heterocycles. The van der Waals surface area contributed by atoms with E-state index in [4.69, 9.17) is 26.8 Å². The lowest BCUT2D eigenvalue weighted by molar-refractivity contribution is 0.0618. The van der Waals surface area contributed by atoms with E-state index in [0.717, 1.165) is 18.4 Å². The van der Waals surface area contributed by atoms with E-state index in [1.165, 1.54) is 19.3 Å². The summed E-state index contributed by atoms with van der Waals surface area (Å²) in [7, 11) is 0. The van der Waals surface area contributed by atoms with Crippen LogP contribution in [0, 0.1) is 5.92 Å². The number of hydrogen-bond acceptors (Lipinski definition) is 4. The largest absolute Gasteiger partial charge is 0.454 e. The van der Waals surface area contributed by atoms with Gasteiger partial charge in [-0.05, 0) is 30.4 Å². The van der Waals surface area contributed by atoms with Gasteiger partial charge in [0.1, 0.15) is 0 Å². The molecule has 0 amide bonds. The van der Waals surface area contributed by atoms with Gasteiger partial charge < -0.3 is 20.3 Å². The Morgan fingerprint density at radius 3 is 2.43 bits per heavy atom. The fraction of sp³-hybridized carbons (Fsp3) is 0.600. The Kier molecular flexibility index (Phi) is 5.60. The van der Waals surface area contributed by atoms with Crippen LogP contribution in [0.5, 0.6) is 11.5 Å². The summed E-state index contributed by atoms with van der Waals surface area (Å²) in [5, 5.41) is 11.0. The first-order chi connectivity index (χ1) is 9.66. The molecule has 0 spiro atoms. The highest BCUT2D eigenvalue weighted by molar-refractivity contribution is 6.31. The fourth-order valence-electron chi connectivity index (χ4n) is 3.14. The molecule has 0 saturated heterocycles. The van der Waals surface area contributed by atoms with Gasteiger partial charge in [0.15, 0.2) is 11.5 Å². The first kappa shape index (κ1) is 16.7. The Morgan fingerprint density at radius 2 is 1.76 bits per heavy atom. The number of aliphatic hydroxyl groups excluding tert-OH is 1. The van der Waals surface area contributed by atoms with Crippen molar-refractivity contribution in [2.45, 2.75) is 44.2 Å². The molecule has 0 unspecified atom stereocenters. The van der Waals surface area contributed by atoms with Crippen LogP contribution in [0.1, 0.15) is 43.7 Å². The summed E-state index contributed by atoms with van der Waals surface area (Å²) < 4.78 is 10.6. The van der Waals surface area contributed by atoms with Crippen LogP contribution in [-0.2, 0) is 0 Å². The number of hydrogen-bond donors (Lipinski definition) is 2. The molecule has 118 valence electrons. The highest BCUT2D eigenvalue weighted by atomic mass is 35.5.